The molecule has 23 heavy (non-hydrogen) atoms. The number of hydrogen-bond acceptors (Lipinski definition) is 3. The van der Waals surface area contributed by atoms with E-state index >= 15 is 0 Å². The molecule has 118 valence electrons. The zero-order chi connectivity index (χ0) is 15.5. The SMILES string of the molecule is c1ccc(CN=C2Nc3ccccc3NC23CCCNC3)cc1. The molecule has 1 saturated heterocycles. The number of aliphatic imine (C=N–C) groups is 1. The number of hydrogen-bond donors (Lipinski definition) is 3. The van der Waals surface area contributed by atoms with Crippen molar-refractivity contribution >= 4 is 17.2 Å². The Balaban J connectivity index is 1.67. The van der Waals surface area contributed by atoms with Gasteiger partial charge in [-0.3, -0.25) is 4.99 Å². The number of fused-ring (bicyclic) bond motifs is 1. The minimum absolute atomic E-state index is 0.124. The van der Waals surface area contributed by atoms with Gasteiger partial charge in [0.1, 0.15) is 11.4 Å². The van der Waals surface area contributed by atoms with E-state index in [0.29, 0.717) is 6.54 Å². The minimum Gasteiger partial charge on any atom is -0.370 e. The monoisotopic (exact) mass is 306 g/mol. The summed E-state index contributed by atoms with van der Waals surface area (Å²) in [6, 6.07) is 18.8. The Morgan fingerprint density at radius 3 is 2.52 bits per heavy atom. The lowest BCUT2D eigenvalue weighted by Gasteiger charge is -2.44. The molecular formula is C19H22N4. The van der Waals surface area contributed by atoms with Crippen LogP contribution in [0.2, 0.25) is 0 Å². The first-order chi connectivity index (χ1) is 11.4. The zero-order valence-electron chi connectivity index (χ0n) is 13.2. The van der Waals surface area contributed by atoms with E-state index in [2.05, 4.69) is 64.5 Å². The molecule has 0 bridgehead atoms. The van der Waals surface area contributed by atoms with Crippen molar-refractivity contribution in [2.45, 2.75) is 24.9 Å². The maximum absolute atomic E-state index is 4.93. The molecule has 4 heteroatoms. The summed E-state index contributed by atoms with van der Waals surface area (Å²) in [6.07, 6.45) is 2.25. The zero-order valence-corrected chi connectivity index (χ0v) is 13.2. The molecule has 4 rings (SSSR count). The molecule has 0 aromatic heterocycles. The number of benzene rings is 2. The van der Waals surface area contributed by atoms with Gasteiger partial charge in [-0.1, -0.05) is 42.5 Å². The Morgan fingerprint density at radius 2 is 1.74 bits per heavy atom. The fourth-order valence-corrected chi connectivity index (χ4v) is 3.42. The molecule has 3 N–H and O–H groups in total. The van der Waals surface area contributed by atoms with Crippen LogP contribution in [-0.2, 0) is 6.54 Å². The van der Waals surface area contributed by atoms with E-state index in [1.54, 1.807) is 0 Å². The predicted octanol–water partition coefficient (Wildman–Crippen LogP) is 3.24. The molecular weight excluding hydrogens is 284 g/mol. The van der Waals surface area contributed by atoms with Gasteiger partial charge in [0.15, 0.2) is 0 Å². The first kappa shape index (κ1) is 14.3. The molecule has 1 atom stereocenters. The average Bonchev–Trinajstić information content (AvgIpc) is 2.61. The quantitative estimate of drug-likeness (QED) is 0.798. The summed E-state index contributed by atoms with van der Waals surface area (Å²) in [5, 5.41) is 10.8. The van der Waals surface area contributed by atoms with E-state index in [1.807, 2.05) is 6.07 Å². The third-order valence-electron chi connectivity index (χ3n) is 4.65. The van der Waals surface area contributed by atoms with Crippen LogP contribution in [0.5, 0.6) is 0 Å². The molecule has 2 aliphatic rings. The van der Waals surface area contributed by atoms with Crippen LogP contribution in [0, 0.1) is 0 Å². The highest BCUT2D eigenvalue weighted by Gasteiger charge is 2.40. The van der Waals surface area contributed by atoms with Gasteiger partial charge < -0.3 is 16.0 Å². The molecule has 1 spiro atoms. The summed E-state index contributed by atoms with van der Waals surface area (Å²) < 4.78 is 0. The molecule has 0 saturated carbocycles. The first-order valence-corrected chi connectivity index (χ1v) is 8.30. The van der Waals surface area contributed by atoms with E-state index in [9.17, 15) is 0 Å². The standard InChI is InChI=1S/C19H22N4/c1-2-7-15(8-3-1)13-21-18-19(11-6-12-20-14-19)23-17-10-5-4-9-16(17)22-18/h1-5,7-10,20,23H,6,11-14H2,(H,21,22). The fraction of sp³-hybridized carbons (Fsp3) is 0.316. The maximum Gasteiger partial charge on any atom is 0.128 e. The third kappa shape index (κ3) is 2.82. The molecule has 0 amide bonds. The highest BCUT2D eigenvalue weighted by atomic mass is 15.2. The topological polar surface area (TPSA) is 48.5 Å². The molecule has 2 aromatic rings. The Labute approximate surface area is 137 Å². The van der Waals surface area contributed by atoms with Crippen LogP contribution in [0.4, 0.5) is 11.4 Å². The van der Waals surface area contributed by atoms with Gasteiger partial charge in [0.2, 0.25) is 0 Å². The second-order valence-electron chi connectivity index (χ2n) is 6.31. The second-order valence-corrected chi connectivity index (χ2v) is 6.31. The van der Waals surface area contributed by atoms with E-state index in [1.165, 1.54) is 5.56 Å². The van der Waals surface area contributed by atoms with E-state index in [0.717, 1.165) is 43.1 Å². The van der Waals surface area contributed by atoms with Gasteiger partial charge in [-0.25, -0.2) is 0 Å². The number of nitrogens with zero attached hydrogens (tertiary/aromatic N) is 1. The summed E-state index contributed by atoms with van der Waals surface area (Å²) in [5.74, 6) is 1.05. The van der Waals surface area contributed by atoms with Gasteiger partial charge >= 0.3 is 0 Å². The molecule has 0 aliphatic carbocycles. The van der Waals surface area contributed by atoms with Crippen LogP contribution in [-0.4, -0.2) is 24.5 Å². The van der Waals surface area contributed by atoms with Crippen LogP contribution >= 0.6 is 0 Å². The summed E-state index contributed by atoms with van der Waals surface area (Å²) in [6.45, 7) is 2.69. The summed E-state index contributed by atoms with van der Waals surface area (Å²) in [5.41, 5.74) is 3.38. The van der Waals surface area contributed by atoms with E-state index < -0.39 is 0 Å². The first-order valence-electron chi connectivity index (χ1n) is 8.30. The van der Waals surface area contributed by atoms with Gasteiger partial charge in [-0.15, -0.1) is 0 Å². The minimum atomic E-state index is -0.124. The number of anilines is 2. The Kier molecular flexibility index (Phi) is 3.75. The smallest absolute Gasteiger partial charge is 0.128 e. The van der Waals surface area contributed by atoms with Crippen molar-refractivity contribution in [2.75, 3.05) is 23.7 Å². The van der Waals surface area contributed by atoms with Gasteiger partial charge in [0.25, 0.3) is 0 Å². The van der Waals surface area contributed by atoms with Gasteiger partial charge in [0, 0.05) is 6.54 Å². The van der Waals surface area contributed by atoms with Crippen LogP contribution in [0.1, 0.15) is 18.4 Å². The van der Waals surface area contributed by atoms with Crippen molar-refractivity contribution < 1.29 is 0 Å². The van der Waals surface area contributed by atoms with E-state index in [-0.39, 0.29) is 5.54 Å². The average molecular weight is 306 g/mol. The van der Waals surface area contributed by atoms with E-state index in [4.69, 9.17) is 4.99 Å². The predicted molar refractivity (Wildman–Crippen MR) is 96.1 cm³/mol. The highest BCUT2D eigenvalue weighted by Crippen LogP contribution is 2.34. The third-order valence-corrected chi connectivity index (χ3v) is 4.65. The number of rotatable bonds is 2. The van der Waals surface area contributed by atoms with Crippen LogP contribution in [0.3, 0.4) is 0 Å². The lowest BCUT2D eigenvalue weighted by Crippen LogP contribution is -2.60. The Hall–Kier alpha value is -2.33. The number of nitrogens with one attached hydrogen (secondary N) is 3. The molecule has 0 radical (unpaired) electrons. The maximum atomic E-state index is 4.93. The lowest BCUT2D eigenvalue weighted by atomic mass is 9.86. The van der Waals surface area contributed by atoms with Crippen molar-refractivity contribution in [3.05, 3.63) is 60.2 Å². The number of piperidine rings is 1. The van der Waals surface area contributed by atoms with Gasteiger partial charge in [-0.2, -0.15) is 0 Å². The van der Waals surface area contributed by atoms with Gasteiger partial charge in [0.05, 0.1) is 17.9 Å². The highest BCUT2D eigenvalue weighted by molar-refractivity contribution is 6.09. The van der Waals surface area contributed by atoms with Crippen molar-refractivity contribution in [1.82, 2.24) is 5.32 Å². The molecule has 2 aromatic carbocycles. The molecule has 4 nitrogen and oxygen atoms in total. The lowest BCUT2D eigenvalue weighted by molar-refractivity contribution is 0.421. The van der Waals surface area contributed by atoms with Crippen LogP contribution in [0.15, 0.2) is 59.6 Å². The van der Waals surface area contributed by atoms with Crippen molar-refractivity contribution in [2.24, 2.45) is 4.99 Å². The van der Waals surface area contributed by atoms with Crippen LogP contribution < -0.4 is 16.0 Å². The molecule has 2 heterocycles. The normalized spacial score (nSPS) is 24.8. The van der Waals surface area contributed by atoms with Gasteiger partial charge in [-0.05, 0) is 37.1 Å². The Bertz CT molecular complexity index is 702. The Morgan fingerprint density at radius 1 is 0.957 bits per heavy atom. The molecule has 1 unspecified atom stereocenters. The number of amidine groups is 1. The van der Waals surface area contributed by atoms with Crippen molar-refractivity contribution in [1.29, 1.82) is 0 Å². The largest absolute Gasteiger partial charge is 0.370 e. The van der Waals surface area contributed by atoms with Crippen LogP contribution in [0.25, 0.3) is 0 Å². The summed E-state index contributed by atoms with van der Waals surface area (Å²) >= 11 is 0. The summed E-state index contributed by atoms with van der Waals surface area (Å²) in [7, 11) is 0. The van der Waals surface area contributed by atoms with Crippen molar-refractivity contribution in [3.8, 4) is 0 Å². The van der Waals surface area contributed by atoms with Crippen molar-refractivity contribution in [3.63, 3.8) is 0 Å². The second kappa shape index (κ2) is 6.05. The molecule has 1 fully saturated rings. The number of para-hydroxylation sites is 2. The molecule has 2 aliphatic heterocycles. The fourth-order valence-electron chi connectivity index (χ4n) is 3.42. The summed E-state index contributed by atoms with van der Waals surface area (Å²) in [4.78, 5) is 4.93.